The van der Waals surface area contributed by atoms with Crippen LogP contribution in [-0.4, -0.2) is 22.7 Å². The number of aromatic hydroxyl groups is 1. The molecule has 2 aromatic carbocycles. The Morgan fingerprint density at radius 1 is 1.29 bits per heavy atom. The van der Waals surface area contributed by atoms with Gasteiger partial charge in [0.2, 0.25) is 0 Å². The second-order valence-corrected chi connectivity index (χ2v) is 4.84. The van der Waals surface area contributed by atoms with Gasteiger partial charge in [0.1, 0.15) is 11.6 Å². The first-order valence-corrected chi connectivity index (χ1v) is 6.54. The van der Waals surface area contributed by atoms with Crippen molar-refractivity contribution in [2.75, 3.05) is 6.61 Å². The number of benzene rings is 2. The van der Waals surface area contributed by atoms with Crippen LogP contribution < -0.4 is 5.32 Å². The van der Waals surface area contributed by atoms with E-state index in [0.29, 0.717) is 5.56 Å². The van der Waals surface area contributed by atoms with Crippen molar-refractivity contribution < 1.29 is 19.4 Å². The predicted molar refractivity (Wildman–Crippen MR) is 76.8 cm³/mol. The zero-order valence-corrected chi connectivity index (χ0v) is 11.6. The first-order valence-electron chi connectivity index (χ1n) is 6.17. The van der Waals surface area contributed by atoms with E-state index in [4.69, 9.17) is 11.6 Å². The lowest BCUT2D eigenvalue weighted by Gasteiger charge is -2.17. The summed E-state index contributed by atoms with van der Waals surface area (Å²) in [6.45, 7) is -0.397. The number of aliphatic hydroxyl groups is 1. The third-order valence-electron chi connectivity index (χ3n) is 2.94. The Kier molecular flexibility index (Phi) is 4.77. The number of amides is 1. The molecule has 0 aliphatic rings. The highest BCUT2D eigenvalue weighted by Gasteiger charge is 2.16. The smallest absolute Gasteiger partial charge is 0.251 e. The third kappa shape index (κ3) is 3.71. The van der Waals surface area contributed by atoms with E-state index in [9.17, 15) is 19.4 Å². The highest BCUT2D eigenvalue weighted by Crippen LogP contribution is 2.21. The highest BCUT2D eigenvalue weighted by molar-refractivity contribution is 6.30. The Hall–Kier alpha value is -2.11. The van der Waals surface area contributed by atoms with Crippen LogP contribution in [0, 0.1) is 5.82 Å². The van der Waals surface area contributed by atoms with E-state index in [1.807, 2.05) is 0 Å². The second kappa shape index (κ2) is 6.56. The molecule has 0 fully saturated rings. The Morgan fingerprint density at radius 3 is 2.67 bits per heavy atom. The second-order valence-electron chi connectivity index (χ2n) is 4.43. The number of phenolic OH excluding ortho intramolecular Hbond substituents is 1. The summed E-state index contributed by atoms with van der Waals surface area (Å²) in [6.07, 6.45) is 0. The fourth-order valence-corrected chi connectivity index (χ4v) is 1.97. The molecule has 2 aromatic rings. The summed E-state index contributed by atoms with van der Waals surface area (Å²) in [7, 11) is 0. The quantitative estimate of drug-likeness (QED) is 0.813. The maximum absolute atomic E-state index is 13.4. The van der Waals surface area contributed by atoms with Gasteiger partial charge >= 0.3 is 0 Å². The Morgan fingerprint density at radius 2 is 2.05 bits per heavy atom. The van der Waals surface area contributed by atoms with Crippen LogP contribution >= 0.6 is 11.6 Å². The first-order chi connectivity index (χ1) is 10.0. The van der Waals surface area contributed by atoms with Crippen molar-refractivity contribution in [3.8, 4) is 5.75 Å². The Balaban J connectivity index is 2.18. The number of carbonyl (C=O) groups excluding carboxylic acids is 1. The zero-order valence-electron chi connectivity index (χ0n) is 10.9. The van der Waals surface area contributed by atoms with Crippen molar-refractivity contribution in [3.05, 3.63) is 64.4 Å². The summed E-state index contributed by atoms with van der Waals surface area (Å²) >= 11 is 5.59. The van der Waals surface area contributed by atoms with Crippen molar-refractivity contribution >= 4 is 17.5 Å². The van der Waals surface area contributed by atoms with Crippen molar-refractivity contribution in [2.24, 2.45) is 0 Å². The number of carbonyl (C=O) groups is 1. The van der Waals surface area contributed by atoms with Crippen LogP contribution in [0.2, 0.25) is 5.02 Å². The zero-order chi connectivity index (χ0) is 15.4. The van der Waals surface area contributed by atoms with Gasteiger partial charge in [0, 0.05) is 5.56 Å². The van der Waals surface area contributed by atoms with Crippen LogP contribution in [-0.2, 0) is 0 Å². The molecule has 6 heteroatoms. The standard InChI is InChI=1S/C15H13ClFNO3/c16-12-5-4-9(7-13(12)17)14(8-19)18-15(21)10-2-1-3-11(20)6-10/h1-7,14,19-20H,8H2,(H,18,21). The Bertz CT molecular complexity index is 663. The van der Waals surface area contributed by atoms with Crippen LogP contribution in [0.5, 0.6) is 5.75 Å². The normalized spacial score (nSPS) is 12.0. The van der Waals surface area contributed by atoms with Gasteiger partial charge in [-0.3, -0.25) is 4.79 Å². The average Bonchev–Trinajstić information content (AvgIpc) is 2.47. The molecular weight excluding hydrogens is 297 g/mol. The van der Waals surface area contributed by atoms with E-state index in [-0.39, 0.29) is 16.3 Å². The summed E-state index contributed by atoms with van der Waals surface area (Å²) in [5, 5.41) is 21.2. The van der Waals surface area contributed by atoms with Crippen molar-refractivity contribution in [2.45, 2.75) is 6.04 Å². The minimum Gasteiger partial charge on any atom is -0.508 e. The molecule has 0 saturated heterocycles. The molecule has 110 valence electrons. The average molecular weight is 310 g/mol. The van der Waals surface area contributed by atoms with Gasteiger partial charge in [-0.2, -0.15) is 0 Å². The van der Waals surface area contributed by atoms with Gasteiger partial charge in [-0.15, -0.1) is 0 Å². The molecule has 0 bridgehead atoms. The summed E-state index contributed by atoms with van der Waals surface area (Å²) in [4.78, 5) is 12.0. The van der Waals surface area contributed by atoms with Crippen LogP contribution in [0.15, 0.2) is 42.5 Å². The predicted octanol–water partition coefficient (Wildman–Crippen LogP) is 2.65. The lowest BCUT2D eigenvalue weighted by molar-refractivity contribution is 0.0915. The SMILES string of the molecule is O=C(NC(CO)c1ccc(Cl)c(F)c1)c1cccc(O)c1. The number of rotatable bonds is 4. The summed E-state index contributed by atoms with van der Waals surface area (Å²) in [6, 6.07) is 9.05. The lowest BCUT2D eigenvalue weighted by Crippen LogP contribution is -2.30. The Labute approximate surface area is 125 Å². The van der Waals surface area contributed by atoms with Crippen LogP contribution in [0.25, 0.3) is 0 Å². The third-order valence-corrected chi connectivity index (χ3v) is 3.25. The molecule has 0 aliphatic heterocycles. The number of halogens is 2. The van der Waals surface area contributed by atoms with Crippen molar-refractivity contribution in [3.63, 3.8) is 0 Å². The fourth-order valence-electron chi connectivity index (χ4n) is 1.85. The maximum Gasteiger partial charge on any atom is 0.251 e. The van der Waals surface area contributed by atoms with E-state index in [2.05, 4.69) is 5.32 Å². The minimum atomic E-state index is -0.772. The number of hydrogen-bond acceptors (Lipinski definition) is 3. The molecule has 1 unspecified atom stereocenters. The first kappa shape index (κ1) is 15.3. The van der Waals surface area contributed by atoms with E-state index >= 15 is 0 Å². The van der Waals surface area contributed by atoms with E-state index in [1.165, 1.54) is 36.4 Å². The monoisotopic (exact) mass is 309 g/mol. The van der Waals surface area contributed by atoms with Gasteiger partial charge in [-0.25, -0.2) is 4.39 Å². The van der Waals surface area contributed by atoms with Gasteiger partial charge in [-0.05, 0) is 35.9 Å². The summed E-state index contributed by atoms with van der Waals surface area (Å²) in [5.74, 6) is -1.15. The fraction of sp³-hybridized carbons (Fsp3) is 0.133. The van der Waals surface area contributed by atoms with E-state index in [0.717, 1.165) is 6.07 Å². The molecule has 3 N–H and O–H groups in total. The molecule has 0 spiro atoms. The van der Waals surface area contributed by atoms with Gasteiger partial charge in [0.05, 0.1) is 17.7 Å². The molecule has 0 aliphatic carbocycles. The lowest BCUT2D eigenvalue weighted by atomic mass is 10.1. The van der Waals surface area contributed by atoms with Gasteiger partial charge in [-0.1, -0.05) is 23.7 Å². The molecule has 1 amide bonds. The van der Waals surface area contributed by atoms with Crippen LogP contribution in [0.3, 0.4) is 0 Å². The van der Waals surface area contributed by atoms with Crippen molar-refractivity contribution in [1.29, 1.82) is 0 Å². The van der Waals surface area contributed by atoms with Crippen molar-refractivity contribution in [1.82, 2.24) is 5.32 Å². The number of nitrogens with one attached hydrogen (secondary N) is 1. The molecule has 4 nitrogen and oxygen atoms in total. The molecule has 2 rings (SSSR count). The number of aliphatic hydroxyl groups excluding tert-OH is 1. The topological polar surface area (TPSA) is 69.6 Å². The maximum atomic E-state index is 13.4. The van der Waals surface area contributed by atoms with Gasteiger partial charge in [0.25, 0.3) is 5.91 Å². The molecule has 21 heavy (non-hydrogen) atoms. The molecular formula is C15H13ClFNO3. The molecule has 0 aromatic heterocycles. The number of hydrogen-bond donors (Lipinski definition) is 3. The van der Waals surface area contributed by atoms with Gasteiger partial charge in [0.15, 0.2) is 0 Å². The number of phenols is 1. The molecule has 1 atom stereocenters. The van der Waals surface area contributed by atoms with Crippen LogP contribution in [0.1, 0.15) is 22.0 Å². The molecule has 0 radical (unpaired) electrons. The van der Waals surface area contributed by atoms with E-state index in [1.54, 1.807) is 0 Å². The van der Waals surface area contributed by atoms with Gasteiger partial charge < -0.3 is 15.5 Å². The van der Waals surface area contributed by atoms with Crippen LogP contribution in [0.4, 0.5) is 4.39 Å². The summed E-state index contributed by atoms with van der Waals surface area (Å²) in [5.41, 5.74) is 0.635. The molecule has 0 heterocycles. The molecule has 0 saturated carbocycles. The summed E-state index contributed by atoms with van der Waals surface area (Å²) < 4.78 is 13.4. The minimum absolute atomic E-state index is 0.0326. The van der Waals surface area contributed by atoms with E-state index < -0.39 is 24.4 Å². The highest BCUT2D eigenvalue weighted by atomic mass is 35.5. The largest absolute Gasteiger partial charge is 0.508 e.